The van der Waals surface area contributed by atoms with E-state index in [1.54, 1.807) is 12.3 Å². The second kappa shape index (κ2) is 5.83. The Hall–Kier alpha value is -1.84. The first-order valence-corrected chi connectivity index (χ1v) is 10.3. The van der Waals surface area contributed by atoms with Crippen LogP contribution in [0.5, 0.6) is 0 Å². The molecule has 0 aromatic carbocycles. The highest BCUT2D eigenvalue weighted by atomic mass is 19.1. The summed E-state index contributed by atoms with van der Waals surface area (Å²) < 4.78 is 13.8. The van der Waals surface area contributed by atoms with E-state index in [0.717, 1.165) is 31.4 Å². The highest BCUT2D eigenvalue weighted by Gasteiger charge is 2.57. The van der Waals surface area contributed by atoms with E-state index in [9.17, 15) is 9.18 Å². The first-order valence-electron chi connectivity index (χ1n) is 10.3. The molecule has 0 radical (unpaired) electrons. The van der Waals surface area contributed by atoms with Crippen LogP contribution in [-0.4, -0.2) is 23.0 Å². The zero-order valence-electron chi connectivity index (χ0n) is 16.2. The van der Waals surface area contributed by atoms with Gasteiger partial charge in [-0.1, -0.05) is 19.9 Å². The molecule has 27 heavy (non-hydrogen) atoms. The number of Topliss-reactive ketones (excluding diaryl/α,β-unsaturated/α-hetero) is 1. The standard InChI is InChI=1S/C23H27FN2O/c1-22-8-6-20-17(13-26-21-10-16(27)5-7-23(20,21)2)19(22)4-3-18(22)14-9-15(24)12-25-11-14/h3,9,11-12,17,19-20H,4-8,10,13H2,1-2H3/t17-,19-,20-,22+,23+/m0/s1. The molecule has 2 fully saturated rings. The molecule has 2 saturated carbocycles. The molecule has 1 aromatic heterocycles. The van der Waals surface area contributed by atoms with Crippen molar-refractivity contribution in [2.75, 3.05) is 6.54 Å². The fourth-order valence-electron chi connectivity index (χ4n) is 6.78. The van der Waals surface area contributed by atoms with E-state index in [0.29, 0.717) is 36.4 Å². The monoisotopic (exact) mass is 366 g/mol. The quantitative estimate of drug-likeness (QED) is 0.711. The van der Waals surface area contributed by atoms with Crippen molar-refractivity contribution in [3.05, 3.63) is 35.9 Å². The van der Waals surface area contributed by atoms with Crippen LogP contribution >= 0.6 is 0 Å². The summed E-state index contributed by atoms with van der Waals surface area (Å²) in [7, 11) is 0. The molecule has 3 aliphatic carbocycles. The topological polar surface area (TPSA) is 42.3 Å². The van der Waals surface area contributed by atoms with Gasteiger partial charge < -0.3 is 0 Å². The van der Waals surface area contributed by atoms with Crippen molar-refractivity contribution < 1.29 is 9.18 Å². The Morgan fingerprint density at radius 1 is 1.15 bits per heavy atom. The number of hydrogen-bond acceptors (Lipinski definition) is 3. The summed E-state index contributed by atoms with van der Waals surface area (Å²) in [5.41, 5.74) is 3.56. The third-order valence-electron chi connectivity index (χ3n) is 8.29. The predicted molar refractivity (Wildman–Crippen MR) is 104 cm³/mol. The Labute approximate surface area is 160 Å². The van der Waals surface area contributed by atoms with Crippen LogP contribution in [0.25, 0.3) is 5.57 Å². The molecule has 0 amide bonds. The number of aliphatic imine (C=N–C) groups is 1. The van der Waals surface area contributed by atoms with Crippen molar-refractivity contribution in [3.8, 4) is 0 Å². The second-order valence-corrected chi connectivity index (χ2v) is 9.50. The molecule has 0 spiro atoms. The minimum absolute atomic E-state index is 0.0739. The van der Waals surface area contributed by atoms with E-state index in [1.807, 2.05) is 0 Å². The Kier molecular flexibility index (Phi) is 3.73. The fourth-order valence-corrected chi connectivity index (χ4v) is 6.78. The van der Waals surface area contributed by atoms with Crippen LogP contribution in [0.2, 0.25) is 0 Å². The molecule has 0 N–H and O–H groups in total. The number of rotatable bonds is 1. The van der Waals surface area contributed by atoms with Gasteiger partial charge in [0.05, 0.1) is 6.20 Å². The molecule has 142 valence electrons. The van der Waals surface area contributed by atoms with Gasteiger partial charge in [0.25, 0.3) is 0 Å². The molecule has 5 atom stereocenters. The van der Waals surface area contributed by atoms with Crippen LogP contribution in [-0.2, 0) is 4.79 Å². The Morgan fingerprint density at radius 3 is 2.81 bits per heavy atom. The van der Waals surface area contributed by atoms with Crippen LogP contribution in [0.15, 0.2) is 29.5 Å². The fraction of sp³-hybridized carbons (Fsp3) is 0.609. The minimum atomic E-state index is -0.263. The maximum Gasteiger partial charge on any atom is 0.142 e. The molecule has 4 aliphatic rings. The molecule has 3 nitrogen and oxygen atoms in total. The number of carbonyl (C=O) groups excluding carboxylic acids is 1. The number of pyridine rings is 1. The third kappa shape index (κ3) is 2.41. The lowest BCUT2D eigenvalue weighted by atomic mass is 9.49. The van der Waals surface area contributed by atoms with Crippen LogP contribution in [0.3, 0.4) is 0 Å². The summed E-state index contributed by atoms with van der Waals surface area (Å²) >= 11 is 0. The van der Waals surface area contributed by atoms with Gasteiger partial charge in [-0.05, 0) is 66.1 Å². The van der Waals surface area contributed by atoms with Gasteiger partial charge in [0.15, 0.2) is 0 Å². The van der Waals surface area contributed by atoms with Crippen LogP contribution < -0.4 is 0 Å². The molecule has 0 bridgehead atoms. The lowest BCUT2D eigenvalue weighted by Gasteiger charge is -2.56. The molecule has 2 heterocycles. The molecular weight excluding hydrogens is 339 g/mol. The number of halogens is 1. The molecular formula is C23H27FN2O. The van der Waals surface area contributed by atoms with Gasteiger partial charge in [-0.2, -0.15) is 0 Å². The van der Waals surface area contributed by atoms with Crippen LogP contribution in [0, 0.1) is 34.4 Å². The minimum Gasteiger partial charge on any atom is -0.299 e. The Morgan fingerprint density at radius 2 is 2.00 bits per heavy atom. The normalized spacial score (nSPS) is 40.6. The molecule has 0 unspecified atom stereocenters. The number of nitrogens with zero attached hydrogens (tertiary/aromatic N) is 2. The van der Waals surface area contributed by atoms with E-state index in [1.165, 1.54) is 23.9 Å². The van der Waals surface area contributed by atoms with E-state index < -0.39 is 0 Å². The first-order chi connectivity index (χ1) is 12.9. The summed E-state index contributed by atoms with van der Waals surface area (Å²) in [6, 6.07) is 1.63. The summed E-state index contributed by atoms with van der Waals surface area (Å²) in [6.07, 6.45) is 11.0. The van der Waals surface area contributed by atoms with Crippen molar-refractivity contribution in [1.29, 1.82) is 0 Å². The van der Waals surface area contributed by atoms with Gasteiger partial charge in [0.2, 0.25) is 0 Å². The average Bonchev–Trinajstić information content (AvgIpc) is 2.99. The number of carbonyl (C=O) groups is 1. The number of aromatic nitrogens is 1. The van der Waals surface area contributed by atoms with Gasteiger partial charge >= 0.3 is 0 Å². The summed E-state index contributed by atoms with van der Waals surface area (Å²) in [6.45, 7) is 5.58. The first kappa shape index (κ1) is 17.3. The highest BCUT2D eigenvalue weighted by molar-refractivity contribution is 6.07. The van der Waals surface area contributed by atoms with Crippen molar-refractivity contribution in [2.24, 2.45) is 33.6 Å². The van der Waals surface area contributed by atoms with Gasteiger partial charge in [-0.3, -0.25) is 14.8 Å². The summed E-state index contributed by atoms with van der Waals surface area (Å²) in [4.78, 5) is 21.0. The number of allylic oxidation sites excluding steroid dienone is 2. The smallest absolute Gasteiger partial charge is 0.142 e. The molecule has 1 aliphatic heterocycles. The average molecular weight is 366 g/mol. The molecule has 5 rings (SSSR count). The molecule has 1 aromatic rings. The third-order valence-corrected chi connectivity index (χ3v) is 8.29. The van der Waals surface area contributed by atoms with E-state index in [4.69, 9.17) is 4.99 Å². The highest BCUT2D eigenvalue weighted by Crippen LogP contribution is 2.63. The lowest BCUT2D eigenvalue weighted by Crippen LogP contribution is -2.54. The van der Waals surface area contributed by atoms with Crippen molar-refractivity contribution in [3.63, 3.8) is 0 Å². The molecule has 0 saturated heterocycles. The predicted octanol–water partition coefficient (Wildman–Crippen LogP) is 4.87. The van der Waals surface area contributed by atoms with Crippen molar-refractivity contribution in [2.45, 2.75) is 52.4 Å². The van der Waals surface area contributed by atoms with E-state index >= 15 is 0 Å². The zero-order valence-corrected chi connectivity index (χ0v) is 16.2. The van der Waals surface area contributed by atoms with Crippen molar-refractivity contribution in [1.82, 2.24) is 4.98 Å². The van der Waals surface area contributed by atoms with Crippen LogP contribution in [0.4, 0.5) is 4.39 Å². The zero-order chi connectivity index (χ0) is 18.8. The Bertz CT molecular complexity index is 875. The second-order valence-electron chi connectivity index (χ2n) is 9.50. The maximum atomic E-state index is 13.8. The van der Waals surface area contributed by atoms with Gasteiger partial charge in [-0.25, -0.2) is 4.39 Å². The summed E-state index contributed by atoms with van der Waals surface area (Å²) in [5.74, 6) is 1.82. The Balaban J connectivity index is 1.48. The maximum absolute atomic E-state index is 13.8. The lowest BCUT2D eigenvalue weighted by molar-refractivity contribution is -0.120. The SMILES string of the molecule is C[C@]12CCC(=O)CC1=NC[C@@H]1[C@@H]2CC[C@]2(C)C(c3cncc(F)c3)=CC[C@@H]12. The van der Waals surface area contributed by atoms with Crippen LogP contribution in [0.1, 0.15) is 57.9 Å². The van der Waals surface area contributed by atoms with Gasteiger partial charge in [0, 0.05) is 36.7 Å². The van der Waals surface area contributed by atoms with E-state index in [-0.39, 0.29) is 16.6 Å². The van der Waals surface area contributed by atoms with Crippen molar-refractivity contribution >= 4 is 17.1 Å². The number of hydrogen-bond donors (Lipinski definition) is 0. The number of ketones is 1. The number of fused-ring (bicyclic) bond motifs is 5. The van der Waals surface area contributed by atoms with Gasteiger partial charge in [0.1, 0.15) is 11.6 Å². The molecule has 4 heteroatoms. The van der Waals surface area contributed by atoms with E-state index in [2.05, 4.69) is 24.9 Å². The summed E-state index contributed by atoms with van der Waals surface area (Å²) in [5, 5.41) is 0. The van der Waals surface area contributed by atoms with Gasteiger partial charge in [-0.15, -0.1) is 0 Å². The largest absolute Gasteiger partial charge is 0.299 e.